The zero-order valence-electron chi connectivity index (χ0n) is 15.6. The summed E-state index contributed by atoms with van der Waals surface area (Å²) in [7, 11) is -2.27. The minimum absolute atomic E-state index is 0.0286. The van der Waals surface area contributed by atoms with E-state index in [4.69, 9.17) is 4.74 Å². The Labute approximate surface area is 160 Å². The normalized spacial score (nSPS) is 14.9. The van der Waals surface area contributed by atoms with Crippen molar-refractivity contribution in [2.75, 3.05) is 25.5 Å². The van der Waals surface area contributed by atoms with Crippen LogP contribution < -0.4 is 10.1 Å². The van der Waals surface area contributed by atoms with Crippen molar-refractivity contribution in [3.8, 4) is 5.75 Å². The number of carbonyl (C=O) groups is 1. The van der Waals surface area contributed by atoms with Crippen molar-refractivity contribution in [1.29, 1.82) is 0 Å². The Bertz CT molecular complexity index is 917. The monoisotopic (exact) mass is 388 g/mol. The molecule has 2 aromatic rings. The lowest BCUT2D eigenvalue weighted by molar-refractivity contribution is 0.102. The van der Waals surface area contributed by atoms with E-state index in [-0.39, 0.29) is 22.1 Å². The fourth-order valence-electron chi connectivity index (χ4n) is 3.11. The van der Waals surface area contributed by atoms with Crippen LogP contribution in [0.15, 0.2) is 47.4 Å². The third-order valence-electron chi connectivity index (χ3n) is 4.73. The number of carbonyl (C=O) groups excluding carboxylic acids is 1. The van der Waals surface area contributed by atoms with Gasteiger partial charge in [0.25, 0.3) is 5.91 Å². The number of benzene rings is 2. The van der Waals surface area contributed by atoms with Crippen molar-refractivity contribution in [3.05, 3.63) is 53.6 Å². The van der Waals surface area contributed by atoms with Crippen LogP contribution in [0.3, 0.4) is 0 Å². The number of ether oxygens (including phenoxy) is 1. The average molecular weight is 388 g/mol. The molecule has 0 bridgehead atoms. The van der Waals surface area contributed by atoms with Crippen LogP contribution in [-0.2, 0) is 16.4 Å². The molecule has 1 saturated heterocycles. The highest BCUT2D eigenvalue weighted by Gasteiger charge is 2.30. The van der Waals surface area contributed by atoms with E-state index in [9.17, 15) is 13.2 Å². The minimum atomic E-state index is -3.69. The molecule has 0 spiro atoms. The third kappa shape index (κ3) is 4.14. The van der Waals surface area contributed by atoms with Crippen molar-refractivity contribution in [3.63, 3.8) is 0 Å². The van der Waals surface area contributed by atoms with Crippen LogP contribution in [0.25, 0.3) is 0 Å². The molecule has 3 rings (SSSR count). The number of hydrogen-bond acceptors (Lipinski definition) is 4. The minimum Gasteiger partial charge on any atom is -0.495 e. The van der Waals surface area contributed by atoms with Gasteiger partial charge in [-0.3, -0.25) is 4.79 Å². The van der Waals surface area contributed by atoms with E-state index in [1.54, 1.807) is 6.07 Å². The molecule has 1 heterocycles. The third-order valence-corrected chi connectivity index (χ3v) is 6.65. The quantitative estimate of drug-likeness (QED) is 0.824. The lowest BCUT2D eigenvalue weighted by Crippen LogP contribution is -2.28. The van der Waals surface area contributed by atoms with Crippen LogP contribution in [0.4, 0.5) is 5.69 Å². The van der Waals surface area contributed by atoms with E-state index in [2.05, 4.69) is 12.2 Å². The van der Waals surface area contributed by atoms with Crippen LogP contribution in [-0.4, -0.2) is 38.8 Å². The molecule has 1 fully saturated rings. The van der Waals surface area contributed by atoms with Gasteiger partial charge in [0.15, 0.2) is 0 Å². The Morgan fingerprint density at radius 1 is 1.11 bits per heavy atom. The Balaban J connectivity index is 1.88. The van der Waals surface area contributed by atoms with Gasteiger partial charge in [-0.2, -0.15) is 4.31 Å². The summed E-state index contributed by atoms with van der Waals surface area (Å²) in [5, 5.41) is 2.81. The van der Waals surface area contributed by atoms with Gasteiger partial charge in [-0.25, -0.2) is 8.42 Å². The molecule has 1 aliphatic rings. The van der Waals surface area contributed by atoms with Gasteiger partial charge >= 0.3 is 0 Å². The molecule has 7 heteroatoms. The lowest BCUT2D eigenvalue weighted by atomic mass is 10.1. The number of methoxy groups -OCH3 is 1. The Hall–Kier alpha value is -2.38. The number of sulfonamides is 1. The Morgan fingerprint density at radius 2 is 1.78 bits per heavy atom. The summed E-state index contributed by atoms with van der Waals surface area (Å²) in [4.78, 5) is 12.6. The molecule has 27 heavy (non-hydrogen) atoms. The second-order valence-corrected chi connectivity index (χ2v) is 8.39. The molecule has 1 aliphatic heterocycles. The molecule has 0 radical (unpaired) electrons. The van der Waals surface area contributed by atoms with Crippen molar-refractivity contribution in [2.45, 2.75) is 31.1 Å². The summed E-state index contributed by atoms with van der Waals surface area (Å²) in [5.74, 6) is -0.120. The van der Waals surface area contributed by atoms with Crippen LogP contribution in [0.1, 0.15) is 35.7 Å². The summed E-state index contributed by atoms with van der Waals surface area (Å²) in [5.41, 5.74) is 2.11. The molecule has 0 saturated carbocycles. The second-order valence-electron chi connectivity index (χ2n) is 6.48. The van der Waals surface area contributed by atoms with Gasteiger partial charge in [-0.15, -0.1) is 0 Å². The van der Waals surface area contributed by atoms with Gasteiger partial charge < -0.3 is 10.1 Å². The number of amides is 1. The number of nitrogens with zero attached hydrogens (tertiary/aromatic N) is 1. The van der Waals surface area contributed by atoms with Gasteiger partial charge in [-0.1, -0.05) is 19.1 Å². The number of nitrogens with one attached hydrogen (secondary N) is 1. The predicted octanol–water partition coefficient (Wildman–Crippen LogP) is 3.29. The molecule has 1 amide bonds. The standard InChI is InChI=1S/C20H24N2O4S/c1-3-15-6-9-17(10-7-15)21-20(23)16-8-11-18(26-2)19(14-16)27(24,25)22-12-4-5-13-22/h6-11,14H,3-5,12-13H2,1-2H3,(H,21,23). The van der Waals surface area contributed by atoms with Crippen molar-refractivity contribution in [1.82, 2.24) is 4.31 Å². The maximum atomic E-state index is 12.9. The molecule has 0 unspecified atom stereocenters. The zero-order valence-corrected chi connectivity index (χ0v) is 16.4. The Kier molecular flexibility index (Phi) is 5.82. The summed E-state index contributed by atoms with van der Waals surface area (Å²) in [6, 6.07) is 12.1. The van der Waals surface area contributed by atoms with Crippen LogP contribution in [0.5, 0.6) is 5.75 Å². The largest absolute Gasteiger partial charge is 0.495 e. The number of anilines is 1. The highest BCUT2D eigenvalue weighted by molar-refractivity contribution is 7.89. The molecular weight excluding hydrogens is 364 g/mol. The van der Waals surface area contributed by atoms with E-state index in [0.29, 0.717) is 18.8 Å². The molecule has 6 nitrogen and oxygen atoms in total. The zero-order chi connectivity index (χ0) is 19.4. The first-order valence-corrected chi connectivity index (χ1v) is 10.5. The summed E-state index contributed by atoms with van der Waals surface area (Å²) < 4.78 is 32.5. The smallest absolute Gasteiger partial charge is 0.255 e. The number of rotatable bonds is 6. The van der Waals surface area contributed by atoms with Gasteiger partial charge in [0.05, 0.1) is 7.11 Å². The highest BCUT2D eigenvalue weighted by Crippen LogP contribution is 2.30. The van der Waals surface area contributed by atoms with E-state index >= 15 is 0 Å². The van der Waals surface area contributed by atoms with Crippen molar-refractivity contribution >= 4 is 21.6 Å². The lowest BCUT2D eigenvalue weighted by Gasteiger charge is -2.18. The van der Waals surface area contributed by atoms with Crippen molar-refractivity contribution in [2.24, 2.45) is 0 Å². The fraction of sp³-hybridized carbons (Fsp3) is 0.350. The van der Waals surface area contributed by atoms with Gasteiger partial charge in [0, 0.05) is 24.3 Å². The number of aryl methyl sites for hydroxylation is 1. The first-order valence-electron chi connectivity index (χ1n) is 9.04. The highest BCUT2D eigenvalue weighted by atomic mass is 32.2. The summed E-state index contributed by atoms with van der Waals surface area (Å²) in [6.07, 6.45) is 2.61. The first kappa shape index (κ1) is 19.4. The average Bonchev–Trinajstić information content (AvgIpc) is 3.23. The second kappa shape index (κ2) is 8.10. The molecule has 1 N–H and O–H groups in total. The number of hydrogen-bond donors (Lipinski definition) is 1. The molecule has 0 atom stereocenters. The molecular formula is C20H24N2O4S. The first-order chi connectivity index (χ1) is 13.0. The maximum Gasteiger partial charge on any atom is 0.255 e. The SMILES string of the molecule is CCc1ccc(NC(=O)c2ccc(OC)c(S(=O)(=O)N3CCCC3)c2)cc1. The fourth-order valence-corrected chi connectivity index (χ4v) is 4.81. The maximum absolute atomic E-state index is 12.9. The van der Waals surface area contributed by atoms with E-state index in [1.165, 1.54) is 29.1 Å². The van der Waals surface area contributed by atoms with Crippen LogP contribution >= 0.6 is 0 Å². The van der Waals surface area contributed by atoms with Crippen LogP contribution in [0.2, 0.25) is 0 Å². The van der Waals surface area contributed by atoms with E-state index in [0.717, 1.165) is 19.3 Å². The summed E-state index contributed by atoms with van der Waals surface area (Å²) >= 11 is 0. The molecule has 2 aromatic carbocycles. The molecule has 0 aromatic heterocycles. The van der Waals surface area contributed by atoms with Gasteiger partial charge in [0.1, 0.15) is 10.6 Å². The van der Waals surface area contributed by atoms with Gasteiger partial charge in [0.2, 0.25) is 10.0 Å². The van der Waals surface area contributed by atoms with Crippen molar-refractivity contribution < 1.29 is 17.9 Å². The van der Waals surface area contributed by atoms with E-state index < -0.39 is 10.0 Å². The molecule has 144 valence electrons. The predicted molar refractivity (Wildman–Crippen MR) is 105 cm³/mol. The Morgan fingerprint density at radius 3 is 2.37 bits per heavy atom. The summed E-state index contributed by atoms with van der Waals surface area (Å²) in [6.45, 7) is 3.05. The van der Waals surface area contributed by atoms with E-state index in [1.807, 2.05) is 24.3 Å². The van der Waals surface area contributed by atoms with Crippen LogP contribution in [0, 0.1) is 0 Å². The van der Waals surface area contributed by atoms with Gasteiger partial charge in [-0.05, 0) is 55.2 Å². The molecule has 0 aliphatic carbocycles. The topological polar surface area (TPSA) is 75.7 Å².